The van der Waals surface area contributed by atoms with E-state index < -0.39 is 0 Å². The first-order chi connectivity index (χ1) is 11.6. The van der Waals surface area contributed by atoms with Gasteiger partial charge in [-0.1, -0.05) is 12.1 Å². The lowest BCUT2D eigenvalue weighted by molar-refractivity contribution is 0.292. The molecule has 3 rings (SSSR count). The Hall–Kier alpha value is -2.60. The van der Waals surface area contributed by atoms with Gasteiger partial charge in [0.1, 0.15) is 18.1 Å². The number of H-pyrrole nitrogens is 1. The van der Waals surface area contributed by atoms with Gasteiger partial charge in [0.25, 0.3) is 0 Å². The van der Waals surface area contributed by atoms with Crippen LogP contribution in [0.4, 0.5) is 0 Å². The highest BCUT2D eigenvalue weighted by Crippen LogP contribution is 2.21. The predicted octanol–water partition coefficient (Wildman–Crippen LogP) is 4.13. The molecule has 0 aliphatic rings. The molecule has 0 atom stereocenters. The van der Waals surface area contributed by atoms with Crippen molar-refractivity contribution in [2.45, 2.75) is 20.5 Å². The molecule has 0 saturated carbocycles. The number of aryl methyl sites for hydroxylation is 2. The van der Waals surface area contributed by atoms with Crippen LogP contribution in [0.25, 0.3) is 5.69 Å². The van der Waals surface area contributed by atoms with Crippen molar-refractivity contribution in [1.82, 2.24) is 14.8 Å². The van der Waals surface area contributed by atoms with Crippen molar-refractivity contribution in [3.63, 3.8) is 0 Å². The number of hydrogen-bond acceptors (Lipinski definition) is 4. The molecule has 24 heavy (non-hydrogen) atoms. The minimum atomic E-state index is 0.312. The molecule has 0 radical (unpaired) electrons. The summed E-state index contributed by atoms with van der Waals surface area (Å²) in [5.41, 5.74) is 3.31. The second-order valence-corrected chi connectivity index (χ2v) is 5.92. The summed E-state index contributed by atoms with van der Waals surface area (Å²) in [5.74, 6) is 2.27. The molecule has 1 aromatic heterocycles. The Morgan fingerprint density at radius 3 is 2.50 bits per heavy atom. The summed E-state index contributed by atoms with van der Waals surface area (Å²) in [4.78, 5) is 0. The Bertz CT molecular complexity index is 897. The fourth-order valence-electron chi connectivity index (χ4n) is 2.45. The van der Waals surface area contributed by atoms with Crippen molar-refractivity contribution < 1.29 is 9.47 Å². The number of ether oxygens (including phenoxy) is 2. The summed E-state index contributed by atoms with van der Waals surface area (Å²) in [6, 6.07) is 13.7. The number of nitrogens with one attached hydrogen (secondary N) is 1. The van der Waals surface area contributed by atoms with Crippen molar-refractivity contribution in [2.24, 2.45) is 0 Å². The summed E-state index contributed by atoms with van der Waals surface area (Å²) in [6.07, 6.45) is 0. The average molecular weight is 341 g/mol. The number of aromatic amines is 1. The second-order valence-electron chi connectivity index (χ2n) is 5.53. The van der Waals surface area contributed by atoms with E-state index in [0.717, 1.165) is 28.6 Å². The van der Waals surface area contributed by atoms with Gasteiger partial charge in [0.2, 0.25) is 0 Å². The van der Waals surface area contributed by atoms with E-state index in [9.17, 15) is 0 Å². The molecule has 1 N–H and O–H groups in total. The van der Waals surface area contributed by atoms with Gasteiger partial charge in [0.15, 0.2) is 10.6 Å². The Labute approximate surface area is 145 Å². The van der Waals surface area contributed by atoms with Gasteiger partial charge >= 0.3 is 0 Å². The number of rotatable bonds is 5. The molecule has 0 saturated heterocycles. The third kappa shape index (κ3) is 3.33. The maximum atomic E-state index is 5.83. The second kappa shape index (κ2) is 6.88. The van der Waals surface area contributed by atoms with Crippen LogP contribution in [0.15, 0.2) is 42.5 Å². The van der Waals surface area contributed by atoms with Gasteiger partial charge in [-0.3, -0.25) is 9.67 Å². The van der Waals surface area contributed by atoms with Crippen LogP contribution in [0, 0.1) is 18.6 Å². The molecule has 0 spiro atoms. The Morgan fingerprint density at radius 2 is 1.79 bits per heavy atom. The first kappa shape index (κ1) is 16.3. The summed E-state index contributed by atoms with van der Waals surface area (Å²) in [7, 11) is 1.64. The molecular formula is C18H19N3O2S. The Balaban J connectivity index is 1.87. The largest absolute Gasteiger partial charge is 0.497 e. The van der Waals surface area contributed by atoms with Crippen LogP contribution in [0.1, 0.15) is 17.0 Å². The fraction of sp³-hybridized carbons (Fsp3) is 0.222. The molecule has 0 amide bonds. The molecule has 5 nitrogen and oxygen atoms in total. The van der Waals surface area contributed by atoms with Gasteiger partial charge < -0.3 is 9.47 Å². The summed E-state index contributed by atoms with van der Waals surface area (Å²) in [5, 5.41) is 7.16. The smallest absolute Gasteiger partial charge is 0.199 e. The molecule has 124 valence electrons. The van der Waals surface area contributed by atoms with Crippen LogP contribution in [0.3, 0.4) is 0 Å². The lowest BCUT2D eigenvalue weighted by Gasteiger charge is -2.12. The molecule has 0 bridgehead atoms. The number of aromatic nitrogens is 3. The molecule has 0 fully saturated rings. The molecule has 0 aliphatic carbocycles. The van der Waals surface area contributed by atoms with Crippen LogP contribution in [-0.2, 0) is 6.61 Å². The van der Waals surface area contributed by atoms with Crippen LogP contribution in [-0.4, -0.2) is 21.9 Å². The van der Waals surface area contributed by atoms with Crippen molar-refractivity contribution in [3.05, 3.63) is 64.2 Å². The first-order valence-electron chi connectivity index (χ1n) is 7.59. The van der Waals surface area contributed by atoms with Gasteiger partial charge in [0, 0.05) is 0 Å². The van der Waals surface area contributed by atoms with E-state index in [2.05, 4.69) is 42.2 Å². The van der Waals surface area contributed by atoms with E-state index in [0.29, 0.717) is 11.4 Å². The highest BCUT2D eigenvalue weighted by Gasteiger charge is 2.11. The zero-order valence-electron chi connectivity index (χ0n) is 13.9. The zero-order valence-corrected chi connectivity index (χ0v) is 14.7. The SMILES string of the molecule is COc1ccc(OCc2n[nH]c(=S)n2-c2cc(C)ccc2C)cc1. The third-order valence-electron chi connectivity index (χ3n) is 3.77. The van der Waals surface area contributed by atoms with Crippen LogP contribution in [0.2, 0.25) is 0 Å². The summed E-state index contributed by atoms with van der Waals surface area (Å²) < 4.78 is 13.4. The van der Waals surface area contributed by atoms with E-state index in [4.69, 9.17) is 21.7 Å². The molecule has 0 aliphatic heterocycles. The van der Waals surface area contributed by atoms with E-state index in [1.807, 2.05) is 28.8 Å². The lowest BCUT2D eigenvalue weighted by Crippen LogP contribution is -2.07. The van der Waals surface area contributed by atoms with E-state index >= 15 is 0 Å². The number of methoxy groups -OCH3 is 1. The average Bonchev–Trinajstić information content (AvgIpc) is 2.96. The number of nitrogens with zero attached hydrogens (tertiary/aromatic N) is 2. The standard InChI is InChI=1S/C18H19N3O2S/c1-12-4-5-13(2)16(10-12)21-17(19-20-18(21)24)11-23-15-8-6-14(22-3)7-9-15/h4-10H,11H2,1-3H3,(H,20,24). The van der Waals surface area contributed by atoms with Crippen LogP contribution in [0.5, 0.6) is 11.5 Å². The van der Waals surface area contributed by atoms with Crippen molar-refractivity contribution in [1.29, 1.82) is 0 Å². The lowest BCUT2D eigenvalue weighted by atomic mass is 10.1. The molecule has 0 unspecified atom stereocenters. The minimum Gasteiger partial charge on any atom is -0.497 e. The quantitative estimate of drug-likeness (QED) is 0.709. The topological polar surface area (TPSA) is 52.1 Å². The van der Waals surface area contributed by atoms with Crippen molar-refractivity contribution in [3.8, 4) is 17.2 Å². The molecule has 2 aromatic carbocycles. The maximum absolute atomic E-state index is 5.83. The molecule has 3 aromatic rings. The van der Waals surface area contributed by atoms with E-state index in [1.165, 1.54) is 5.56 Å². The Morgan fingerprint density at radius 1 is 1.08 bits per heavy atom. The predicted molar refractivity (Wildman–Crippen MR) is 95.5 cm³/mol. The monoisotopic (exact) mass is 341 g/mol. The van der Waals surface area contributed by atoms with E-state index in [-0.39, 0.29) is 0 Å². The van der Waals surface area contributed by atoms with Crippen LogP contribution >= 0.6 is 12.2 Å². The molecule has 1 heterocycles. The molecule has 6 heteroatoms. The minimum absolute atomic E-state index is 0.312. The maximum Gasteiger partial charge on any atom is 0.199 e. The first-order valence-corrected chi connectivity index (χ1v) is 8.00. The fourth-order valence-corrected chi connectivity index (χ4v) is 2.70. The summed E-state index contributed by atoms with van der Waals surface area (Å²) >= 11 is 5.39. The number of benzene rings is 2. The van der Waals surface area contributed by atoms with Crippen molar-refractivity contribution in [2.75, 3.05) is 7.11 Å². The normalized spacial score (nSPS) is 10.6. The van der Waals surface area contributed by atoms with Gasteiger partial charge in [-0.2, -0.15) is 5.10 Å². The van der Waals surface area contributed by atoms with Gasteiger partial charge in [0.05, 0.1) is 12.8 Å². The third-order valence-corrected chi connectivity index (χ3v) is 4.05. The van der Waals surface area contributed by atoms with Crippen molar-refractivity contribution >= 4 is 12.2 Å². The highest BCUT2D eigenvalue weighted by atomic mass is 32.1. The van der Waals surface area contributed by atoms with Gasteiger partial charge in [-0.15, -0.1) is 0 Å². The molecular weight excluding hydrogens is 322 g/mol. The Kier molecular flexibility index (Phi) is 4.66. The highest BCUT2D eigenvalue weighted by molar-refractivity contribution is 7.71. The van der Waals surface area contributed by atoms with Gasteiger partial charge in [-0.25, -0.2) is 0 Å². The zero-order chi connectivity index (χ0) is 17.1. The van der Waals surface area contributed by atoms with Crippen LogP contribution < -0.4 is 9.47 Å². The van der Waals surface area contributed by atoms with E-state index in [1.54, 1.807) is 7.11 Å². The van der Waals surface area contributed by atoms with Gasteiger partial charge in [-0.05, 0) is 67.5 Å². The number of hydrogen-bond donors (Lipinski definition) is 1. The summed E-state index contributed by atoms with van der Waals surface area (Å²) in [6.45, 7) is 4.42.